The van der Waals surface area contributed by atoms with Gasteiger partial charge in [-0.25, -0.2) is 9.78 Å². The Bertz CT molecular complexity index is 437. The minimum atomic E-state index is -0.350. The fourth-order valence-electron chi connectivity index (χ4n) is 2.29. The SMILES string of the molecule is CCOC(=O)c1ccc(N2CC(OC)C(OC)C2)nc1. The Labute approximate surface area is 118 Å². The highest BCUT2D eigenvalue weighted by molar-refractivity contribution is 5.89. The molecule has 2 rings (SSSR count). The van der Waals surface area contributed by atoms with Gasteiger partial charge < -0.3 is 19.1 Å². The lowest BCUT2D eigenvalue weighted by Gasteiger charge is -2.16. The minimum absolute atomic E-state index is 0.0338. The average molecular weight is 280 g/mol. The van der Waals surface area contributed by atoms with Gasteiger partial charge in [0, 0.05) is 33.5 Å². The predicted molar refractivity (Wildman–Crippen MR) is 74.0 cm³/mol. The smallest absolute Gasteiger partial charge is 0.339 e. The third kappa shape index (κ3) is 3.08. The summed E-state index contributed by atoms with van der Waals surface area (Å²) in [5.74, 6) is 0.456. The molecule has 0 N–H and O–H groups in total. The first-order chi connectivity index (χ1) is 9.69. The van der Waals surface area contributed by atoms with Crippen molar-refractivity contribution in [1.29, 1.82) is 0 Å². The van der Waals surface area contributed by atoms with Gasteiger partial charge >= 0.3 is 5.97 Å². The summed E-state index contributed by atoms with van der Waals surface area (Å²) >= 11 is 0. The highest BCUT2D eigenvalue weighted by atomic mass is 16.5. The lowest BCUT2D eigenvalue weighted by atomic mass is 10.3. The zero-order chi connectivity index (χ0) is 14.5. The second-order valence-corrected chi connectivity index (χ2v) is 4.58. The molecule has 1 aromatic heterocycles. The molecule has 0 amide bonds. The van der Waals surface area contributed by atoms with Gasteiger partial charge in [-0.05, 0) is 19.1 Å². The minimum Gasteiger partial charge on any atom is -0.462 e. The van der Waals surface area contributed by atoms with Gasteiger partial charge in [0.05, 0.1) is 12.2 Å². The first kappa shape index (κ1) is 14.7. The van der Waals surface area contributed by atoms with Crippen LogP contribution in [0.25, 0.3) is 0 Å². The lowest BCUT2D eigenvalue weighted by Crippen LogP contribution is -2.27. The molecule has 1 fully saturated rings. The zero-order valence-electron chi connectivity index (χ0n) is 12.0. The Hall–Kier alpha value is -1.66. The van der Waals surface area contributed by atoms with E-state index in [1.165, 1.54) is 6.20 Å². The molecule has 0 saturated carbocycles. The highest BCUT2D eigenvalue weighted by Crippen LogP contribution is 2.21. The number of hydrogen-bond acceptors (Lipinski definition) is 6. The van der Waals surface area contributed by atoms with Crippen LogP contribution in [0.3, 0.4) is 0 Å². The second kappa shape index (κ2) is 6.67. The van der Waals surface area contributed by atoms with Crippen LogP contribution in [0.15, 0.2) is 18.3 Å². The first-order valence-electron chi connectivity index (χ1n) is 6.63. The molecule has 0 bridgehead atoms. The third-order valence-electron chi connectivity index (χ3n) is 3.40. The van der Waals surface area contributed by atoms with Crippen molar-refractivity contribution in [2.45, 2.75) is 19.1 Å². The Morgan fingerprint density at radius 1 is 1.30 bits per heavy atom. The Morgan fingerprint density at radius 3 is 2.40 bits per heavy atom. The van der Waals surface area contributed by atoms with E-state index in [-0.39, 0.29) is 18.2 Å². The number of methoxy groups -OCH3 is 2. The maximum absolute atomic E-state index is 11.6. The number of carbonyl (C=O) groups excluding carboxylic acids is 1. The summed E-state index contributed by atoms with van der Waals surface area (Å²) in [6.07, 6.45) is 1.60. The van der Waals surface area contributed by atoms with Gasteiger partial charge in [-0.2, -0.15) is 0 Å². The normalized spacial score (nSPS) is 22.1. The summed E-state index contributed by atoms with van der Waals surface area (Å²) in [4.78, 5) is 18.0. The van der Waals surface area contributed by atoms with Crippen molar-refractivity contribution >= 4 is 11.8 Å². The summed E-state index contributed by atoms with van der Waals surface area (Å²) in [6, 6.07) is 3.54. The fraction of sp³-hybridized carbons (Fsp3) is 0.571. The number of nitrogens with zero attached hydrogens (tertiary/aromatic N) is 2. The number of ether oxygens (including phenoxy) is 3. The van der Waals surface area contributed by atoms with E-state index in [4.69, 9.17) is 14.2 Å². The van der Waals surface area contributed by atoms with Crippen molar-refractivity contribution in [3.8, 4) is 0 Å². The van der Waals surface area contributed by atoms with E-state index in [0.29, 0.717) is 12.2 Å². The van der Waals surface area contributed by atoms with Crippen LogP contribution < -0.4 is 4.90 Å². The third-order valence-corrected chi connectivity index (χ3v) is 3.40. The maximum atomic E-state index is 11.6. The van der Waals surface area contributed by atoms with E-state index < -0.39 is 0 Å². The number of rotatable bonds is 5. The van der Waals surface area contributed by atoms with Crippen LogP contribution in [-0.4, -0.2) is 57.1 Å². The number of carbonyl (C=O) groups is 1. The molecule has 1 aliphatic rings. The predicted octanol–water partition coefficient (Wildman–Crippen LogP) is 1.11. The summed E-state index contributed by atoms with van der Waals surface area (Å²) < 4.78 is 15.7. The molecule has 0 aliphatic carbocycles. The van der Waals surface area contributed by atoms with Crippen molar-refractivity contribution in [3.63, 3.8) is 0 Å². The number of pyridine rings is 1. The molecule has 2 unspecified atom stereocenters. The summed E-state index contributed by atoms with van der Waals surface area (Å²) in [5, 5.41) is 0. The molecule has 6 heteroatoms. The molecule has 1 aliphatic heterocycles. The van der Waals surface area contributed by atoms with E-state index in [0.717, 1.165) is 18.9 Å². The van der Waals surface area contributed by atoms with E-state index >= 15 is 0 Å². The molecule has 0 spiro atoms. The average Bonchev–Trinajstić information content (AvgIpc) is 2.91. The maximum Gasteiger partial charge on any atom is 0.339 e. The highest BCUT2D eigenvalue weighted by Gasteiger charge is 2.33. The lowest BCUT2D eigenvalue weighted by molar-refractivity contribution is -0.00461. The molecule has 6 nitrogen and oxygen atoms in total. The van der Waals surface area contributed by atoms with Gasteiger partial charge in [0.25, 0.3) is 0 Å². The molecule has 0 radical (unpaired) electrons. The quantitative estimate of drug-likeness (QED) is 0.753. The molecular weight excluding hydrogens is 260 g/mol. The van der Waals surface area contributed by atoms with Gasteiger partial charge in [0.1, 0.15) is 18.0 Å². The molecule has 1 aromatic rings. The van der Waals surface area contributed by atoms with Crippen LogP contribution in [0.5, 0.6) is 0 Å². The topological polar surface area (TPSA) is 60.9 Å². The molecule has 20 heavy (non-hydrogen) atoms. The largest absolute Gasteiger partial charge is 0.462 e. The van der Waals surface area contributed by atoms with Crippen LogP contribution in [0.4, 0.5) is 5.82 Å². The van der Waals surface area contributed by atoms with Gasteiger partial charge in [0.15, 0.2) is 0 Å². The molecule has 1 saturated heterocycles. The molecular formula is C14H20N2O4. The fourth-order valence-corrected chi connectivity index (χ4v) is 2.29. The standard InChI is InChI=1S/C14H20N2O4/c1-4-20-14(17)10-5-6-13(15-7-10)16-8-11(18-2)12(9-16)19-3/h5-7,11-12H,4,8-9H2,1-3H3. The van der Waals surface area contributed by atoms with Crippen molar-refractivity contribution in [1.82, 2.24) is 4.98 Å². The monoisotopic (exact) mass is 280 g/mol. The summed E-state index contributed by atoms with van der Waals surface area (Å²) in [5.41, 5.74) is 0.460. The molecule has 2 heterocycles. The second-order valence-electron chi connectivity index (χ2n) is 4.58. The van der Waals surface area contributed by atoms with Gasteiger partial charge in [-0.3, -0.25) is 0 Å². The van der Waals surface area contributed by atoms with Gasteiger partial charge in [-0.1, -0.05) is 0 Å². The van der Waals surface area contributed by atoms with Crippen LogP contribution in [0, 0.1) is 0 Å². The molecule has 2 atom stereocenters. The number of esters is 1. The van der Waals surface area contributed by atoms with Gasteiger partial charge in [0.2, 0.25) is 0 Å². The van der Waals surface area contributed by atoms with Gasteiger partial charge in [-0.15, -0.1) is 0 Å². The van der Waals surface area contributed by atoms with Crippen molar-refractivity contribution in [2.75, 3.05) is 38.8 Å². The first-order valence-corrected chi connectivity index (χ1v) is 6.63. The summed E-state index contributed by atoms with van der Waals surface area (Å²) in [6.45, 7) is 3.58. The van der Waals surface area contributed by atoms with Crippen molar-refractivity contribution in [2.24, 2.45) is 0 Å². The van der Waals surface area contributed by atoms with E-state index in [2.05, 4.69) is 9.88 Å². The number of hydrogen-bond donors (Lipinski definition) is 0. The molecule has 110 valence electrons. The Morgan fingerprint density at radius 2 is 1.95 bits per heavy atom. The van der Waals surface area contributed by atoms with E-state index in [1.807, 2.05) is 6.07 Å². The number of aromatic nitrogens is 1. The summed E-state index contributed by atoms with van der Waals surface area (Å²) in [7, 11) is 3.36. The van der Waals surface area contributed by atoms with E-state index in [9.17, 15) is 4.79 Å². The zero-order valence-corrected chi connectivity index (χ0v) is 12.0. The Kier molecular flexibility index (Phi) is 4.92. The van der Waals surface area contributed by atoms with Crippen LogP contribution in [-0.2, 0) is 14.2 Å². The van der Waals surface area contributed by atoms with Crippen LogP contribution in [0.1, 0.15) is 17.3 Å². The van der Waals surface area contributed by atoms with Crippen molar-refractivity contribution in [3.05, 3.63) is 23.9 Å². The van der Waals surface area contributed by atoms with Crippen LogP contribution in [0.2, 0.25) is 0 Å². The Balaban J connectivity index is 2.05. The van der Waals surface area contributed by atoms with Crippen molar-refractivity contribution < 1.29 is 19.0 Å². The van der Waals surface area contributed by atoms with Crippen LogP contribution >= 0.6 is 0 Å². The van der Waals surface area contributed by atoms with E-state index in [1.54, 1.807) is 27.2 Å². The number of anilines is 1. The molecule has 0 aromatic carbocycles.